The van der Waals surface area contributed by atoms with Gasteiger partial charge in [0.1, 0.15) is 17.3 Å². The molecule has 0 amide bonds. The number of ether oxygens (including phenoxy) is 1. The minimum atomic E-state index is 0.188. The third kappa shape index (κ3) is 5.48. The monoisotopic (exact) mass is 420 g/mol. The van der Waals surface area contributed by atoms with Gasteiger partial charge in [0.05, 0.1) is 6.61 Å². The number of benzene rings is 2. The number of nitrogens with one attached hydrogen (secondary N) is 1. The summed E-state index contributed by atoms with van der Waals surface area (Å²) in [5.41, 5.74) is 1.90. The molecule has 1 aliphatic rings. The number of aliphatic hydroxyl groups is 1. The predicted octanol–water partition coefficient (Wildman–Crippen LogP) is 3.14. The van der Waals surface area contributed by atoms with Gasteiger partial charge in [0, 0.05) is 38.4 Å². The number of para-hydroxylation sites is 1. The summed E-state index contributed by atoms with van der Waals surface area (Å²) in [4.78, 5) is 18.0. The molecule has 1 aromatic heterocycles. The van der Waals surface area contributed by atoms with Crippen LogP contribution >= 0.6 is 0 Å². The summed E-state index contributed by atoms with van der Waals surface area (Å²) >= 11 is 0. The van der Waals surface area contributed by atoms with Crippen molar-refractivity contribution in [2.45, 2.75) is 13.8 Å². The molecule has 2 heterocycles. The Hall–Kier alpha value is -3.23. The lowest BCUT2D eigenvalue weighted by Gasteiger charge is -2.34. The number of piperazine rings is 1. The van der Waals surface area contributed by atoms with Crippen molar-refractivity contribution in [3.8, 4) is 11.5 Å². The second-order valence-electron chi connectivity index (χ2n) is 7.58. The van der Waals surface area contributed by atoms with E-state index in [0.29, 0.717) is 24.3 Å². The van der Waals surface area contributed by atoms with Gasteiger partial charge in [-0.15, -0.1) is 0 Å². The van der Waals surface area contributed by atoms with Crippen LogP contribution < -0.4 is 15.0 Å². The highest BCUT2D eigenvalue weighted by atomic mass is 16.5. The zero-order chi connectivity index (χ0) is 21.6. The molecule has 162 valence electrons. The molecular weight excluding hydrogens is 392 g/mol. The zero-order valence-corrected chi connectivity index (χ0v) is 18.0. The SMILES string of the molecule is Cc1nc(Nc2ccc(Oc3ccccc3)c(C)c2)nc(N2CCN(CCO)CC2)n1. The van der Waals surface area contributed by atoms with E-state index in [4.69, 9.17) is 9.84 Å². The van der Waals surface area contributed by atoms with Crippen LogP contribution in [0.5, 0.6) is 11.5 Å². The Kier molecular flexibility index (Phi) is 6.59. The van der Waals surface area contributed by atoms with Gasteiger partial charge in [-0.05, 0) is 49.7 Å². The fourth-order valence-corrected chi connectivity index (χ4v) is 3.56. The molecule has 2 aromatic carbocycles. The Labute approximate surface area is 182 Å². The number of aliphatic hydroxyl groups excluding tert-OH is 1. The number of hydrogen-bond donors (Lipinski definition) is 2. The summed E-state index contributed by atoms with van der Waals surface area (Å²) in [5.74, 6) is 3.50. The summed E-state index contributed by atoms with van der Waals surface area (Å²) < 4.78 is 5.96. The Morgan fingerprint density at radius 3 is 2.45 bits per heavy atom. The standard InChI is InChI=1S/C23H28N6O2/c1-17-16-19(8-9-21(17)31-20-6-4-3-5-7-20)26-22-24-18(2)25-23(27-22)29-12-10-28(11-13-29)14-15-30/h3-9,16,30H,10-15H2,1-2H3,(H,24,25,26,27). The third-order valence-corrected chi connectivity index (χ3v) is 5.21. The van der Waals surface area contributed by atoms with Crippen molar-refractivity contribution in [3.05, 3.63) is 59.9 Å². The molecule has 1 fully saturated rings. The van der Waals surface area contributed by atoms with E-state index in [1.165, 1.54) is 0 Å². The number of hydrogen-bond acceptors (Lipinski definition) is 8. The van der Waals surface area contributed by atoms with Crippen LogP contribution in [-0.4, -0.2) is 64.3 Å². The van der Waals surface area contributed by atoms with Gasteiger partial charge < -0.3 is 20.1 Å². The zero-order valence-electron chi connectivity index (χ0n) is 18.0. The number of rotatable bonds is 7. The lowest BCUT2D eigenvalue weighted by Crippen LogP contribution is -2.47. The Balaban J connectivity index is 1.45. The molecule has 4 rings (SSSR count). The predicted molar refractivity (Wildman–Crippen MR) is 121 cm³/mol. The molecule has 0 saturated carbocycles. The average molecular weight is 421 g/mol. The highest BCUT2D eigenvalue weighted by Crippen LogP contribution is 2.28. The maximum atomic E-state index is 9.12. The van der Waals surface area contributed by atoms with Gasteiger partial charge >= 0.3 is 0 Å². The van der Waals surface area contributed by atoms with E-state index in [9.17, 15) is 0 Å². The molecule has 0 spiro atoms. The second kappa shape index (κ2) is 9.72. The van der Waals surface area contributed by atoms with Gasteiger partial charge in [0.15, 0.2) is 0 Å². The molecule has 0 aliphatic carbocycles. The van der Waals surface area contributed by atoms with E-state index in [2.05, 4.69) is 30.1 Å². The highest BCUT2D eigenvalue weighted by Gasteiger charge is 2.19. The highest BCUT2D eigenvalue weighted by molar-refractivity contribution is 5.58. The van der Waals surface area contributed by atoms with Crippen molar-refractivity contribution >= 4 is 17.6 Å². The van der Waals surface area contributed by atoms with E-state index in [0.717, 1.165) is 48.9 Å². The molecule has 1 aliphatic heterocycles. The summed E-state index contributed by atoms with van der Waals surface area (Å²) in [6, 6.07) is 15.7. The quantitative estimate of drug-likeness (QED) is 0.603. The lowest BCUT2D eigenvalue weighted by atomic mass is 10.2. The summed E-state index contributed by atoms with van der Waals surface area (Å²) in [6.45, 7) is 8.21. The van der Waals surface area contributed by atoms with E-state index >= 15 is 0 Å². The minimum Gasteiger partial charge on any atom is -0.457 e. The maximum absolute atomic E-state index is 9.12. The molecular formula is C23H28N6O2. The minimum absolute atomic E-state index is 0.188. The summed E-state index contributed by atoms with van der Waals surface area (Å²) in [6.07, 6.45) is 0. The Morgan fingerprint density at radius 1 is 0.968 bits per heavy atom. The van der Waals surface area contributed by atoms with Crippen LogP contribution in [0.4, 0.5) is 17.6 Å². The molecule has 1 saturated heterocycles. The van der Waals surface area contributed by atoms with E-state index < -0.39 is 0 Å². The topological polar surface area (TPSA) is 86.6 Å². The average Bonchev–Trinajstić information content (AvgIpc) is 2.77. The van der Waals surface area contributed by atoms with Crippen LogP contribution in [0, 0.1) is 13.8 Å². The van der Waals surface area contributed by atoms with Crippen molar-refractivity contribution in [3.63, 3.8) is 0 Å². The fourth-order valence-electron chi connectivity index (χ4n) is 3.56. The molecule has 3 aromatic rings. The number of nitrogens with zero attached hydrogens (tertiary/aromatic N) is 5. The maximum Gasteiger partial charge on any atom is 0.232 e. The first-order valence-electron chi connectivity index (χ1n) is 10.5. The first-order chi connectivity index (χ1) is 15.1. The van der Waals surface area contributed by atoms with Gasteiger partial charge in [-0.25, -0.2) is 0 Å². The van der Waals surface area contributed by atoms with Crippen LogP contribution in [0.1, 0.15) is 11.4 Å². The van der Waals surface area contributed by atoms with Crippen LogP contribution in [0.15, 0.2) is 48.5 Å². The third-order valence-electron chi connectivity index (χ3n) is 5.21. The number of aryl methyl sites for hydroxylation is 2. The van der Waals surface area contributed by atoms with Crippen LogP contribution in [0.3, 0.4) is 0 Å². The largest absolute Gasteiger partial charge is 0.457 e. The van der Waals surface area contributed by atoms with Crippen molar-refractivity contribution in [2.75, 3.05) is 49.5 Å². The van der Waals surface area contributed by atoms with Crippen molar-refractivity contribution in [2.24, 2.45) is 0 Å². The molecule has 2 N–H and O–H groups in total. The van der Waals surface area contributed by atoms with Crippen LogP contribution in [0.25, 0.3) is 0 Å². The number of β-amino-alcohol motifs (C(OH)–C–C–N with tert-alkyl or cyclic N) is 1. The molecule has 0 bridgehead atoms. The van der Waals surface area contributed by atoms with Gasteiger partial charge in [-0.1, -0.05) is 18.2 Å². The molecule has 0 atom stereocenters. The Bertz CT molecular complexity index is 1010. The Morgan fingerprint density at radius 2 is 1.74 bits per heavy atom. The summed E-state index contributed by atoms with van der Waals surface area (Å²) in [7, 11) is 0. The van der Waals surface area contributed by atoms with Gasteiger partial charge in [-0.3, -0.25) is 4.90 Å². The fraction of sp³-hybridized carbons (Fsp3) is 0.348. The smallest absolute Gasteiger partial charge is 0.232 e. The molecule has 0 unspecified atom stereocenters. The van der Waals surface area contributed by atoms with Crippen molar-refractivity contribution in [1.82, 2.24) is 19.9 Å². The normalized spacial score (nSPS) is 14.5. The lowest BCUT2D eigenvalue weighted by molar-refractivity contribution is 0.188. The first-order valence-corrected chi connectivity index (χ1v) is 10.5. The second-order valence-corrected chi connectivity index (χ2v) is 7.58. The number of aromatic nitrogens is 3. The number of anilines is 3. The van der Waals surface area contributed by atoms with E-state index in [1.54, 1.807) is 0 Å². The molecule has 8 nitrogen and oxygen atoms in total. The van der Waals surface area contributed by atoms with Gasteiger partial charge in [-0.2, -0.15) is 15.0 Å². The van der Waals surface area contributed by atoms with Crippen molar-refractivity contribution < 1.29 is 9.84 Å². The van der Waals surface area contributed by atoms with E-state index in [1.807, 2.05) is 62.4 Å². The van der Waals surface area contributed by atoms with E-state index in [-0.39, 0.29) is 6.61 Å². The van der Waals surface area contributed by atoms with Crippen molar-refractivity contribution in [1.29, 1.82) is 0 Å². The summed E-state index contributed by atoms with van der Waals surface area (Å²) in [5, 5.41) is 12.4. The van der Waals surface area contributed by atoms with Gasteiger partial charge in [0.2, 0.25) is 11.9 Å². The molecule has 8 heteroatoms. The van der Waals surface area contributed by atoms with Crippen LogP contribution in [0.2, 0.25) is 0 Å². The first kappa shape index (κ1) is 21.0. The molecule has 31 heavy (non-hydrogen) atoms. The van der Waals surface area contributed by atoms with Crippen LogP contribution in [-0.2, 0) is 0 Å². The molecule has 0 radical (unpaired) electrons. The van der Waals surface area contributed by atoms with Gasteiger partial charge in [0.25, 0.3) is 0 Å².